The van der Waals surface area contributed by atoms with E-state index in [0.717, 1.165) is 33.8 Å². The first-order valence-corrected chi connectivity index (χ1v) is 10.2. The maximum absolute atomic E-state index is 12.0. The van der Waals surface area contributed by atoms with Gasteiger partial charge in [-0.15, -0.1) is 0 Å². The van der Waals surface area contributed by atoms with Crippen LogP contribution in [0.5, 0.6) is 5.75 Å². The number of ether oxygens (including phenoxy) is 6. The van der Waals surface area contributed by atoms with Crippen LogP contribution in [0.2, 0.25) is 0 Å². The topological polar surface area (TPSA) is 187 Å². The average molecular weight is 499 g/mol. The molecule has 0 amide bonds. The first kappa shape index (κ1) is 27.5. The number of hydrogen-bond donors (Lipinski definition) is 1. The summed E-state index contributed by atoms with van der Waals surface area (Å²) in [6.07, 6.45) is -6.64. The number of para-hydroxylation sites is 2. The van der Waals surface area contributed by atoms with E-state index in [4.69, 9.17) is 28.4 Å². The second-order valence-electron chi connectivity index (χ2n) is 7.45. The molecule has 35 heavy (non-hydrogen) atoms. The van der Waals surface area contributed by atoms with Crippen LogP contribution in [0.15, 0.2) is 24.3 Å². The van der Waals surface area contributed by atoms with E-state index in [-0.39, 0.29) is 5.75 Å². The van der Waals surface area contributed by atoms with E-state index in [0.29, 0.717) is 0 Å². The van der Waals surface area contributed by atoms with Crippen LogP contribution in [-0.4, -0.2) is 77.3 Å². The molecule has 1 aliphatic heterocycles. The Kier molecular flexibility index (Phi) is 9.08. The second-order valence-corrected chi connectivity index (χ2v) is 7.45. The molecule has 192 valence electrons. The number of benzene rings is 1. The average Bonchev–Trinajstić information content (AvgIpc) is 2.75. The lowest BCUT2D eigenvalue weighted by Crippen LogP contribution is -2.72. The molecule has 0 aliphatic carbocycles. The third-order valence-corrected chi connectivity index (χ3v) is 4.81. The van der Waals surface area contributed by atoms with Crippen LogP contribution >= 0.6 is 0 Å². The van der Waals surface area contributed by atoms with Crippen molar-refractivity contribution in [3.8, 4) is 5.75 Å². The number of nitro groups is 1. The zero-order valence-electron chi connectivity index (χ0n) is 19.3. The molecule has 0 unspecified atom stereocenters. The summed E-state index contributed by atoms with van der Waals surface area (Å²) in [7, 11) is 0. The summed E-state index contributed by atoms with van der Waals surface area (Å²) in [5, 5.41) is 21.7. The molecule has 0 aromatic heterocycles. The van der Waals surface area contributed by atoms with E-state index in [1.54, 1.807) is 0 Å². The maximum Gasteiger partial charge on any atom is 0.311 e. The SMILES string of the molecule is CC(=O)OC[C@H]1O[C@H](Oc2ccccc2[N+](=O)[O-])[C@H](OC(C)=O)[C@@H](OC(C)=O)[C@@]1(CO)OC(C)=O. The molecule has 0 spiro atoms. The minimum absolute atomic E-state index is 0.295. The van der Waals surface area contributed by atoms with Gasteiger partial charge in [0.15, 0.2) is 11.9 Å². The van der Waals surface area contributed by atoms with Gasteiger partial charge in [-0.1, -0.05) is 12.1 Å². The van der Waals surface area contributed by atoms with Crippen molar-refractivity contribution >= 4 is 29.6 Å². The van der Waals surface area contributed by atoms with Crippen molar-refractivity contribution in [2.24, 2.45) is 0 Å². The number of aliphatic hydroxyl groups is 1. The molecular weight excluding hydrogens is 474 g/mol. The highest BCUT2D eigenvalue weighted by molar-refractivity contribution is 5.69. The summed E-state index contributed by atoms with van der Waals surface area (Å²) in [5.74, 6) is -3.82. The fraction of sp³-hybridized carbons (Fsp3) is 0.524. The zero-order chi connectivity index (χ0) is 26.3. The normalized spacial score (nSPS) is 25.6. The quantitative estimate of drug-likeness (QED) is 0.213. The highest BCUT2D eigenvalue weighted by atomic mass is 16.7. The zero-order valence-corrected chi connectivity index (χ0v) is 19.3. The Morgan fingerprint density at radius 3 is 2.17 bits per heavy atom. The molecule has 5 atom stereocenters. The molecule has 1 heterocycles. The van der Waals surface area contributed by atoms with Crippen molar-refractivity contribution in [1.29, 1.82) is 0 Å². The van der Waals surface area contributed by atoms with Crippen molar-refractivity contribution < 1.29 is 57.6 Å². The molecule has 14 nitrogen and oxygen atoms in total. The van der Waals surface area contributed by atoms with Crippen LogP contribution in [-0.2, 0) is 42.9 Å². The van der Waals surface area contributed by atoms with E-state index in [1.165, 1.54) is 18.2 Å². The second kappa shape index (κ2) is 11.6. The fourth-order valence-electron chi connectivity index (χ4n) is 3.53. The van der Waals surface area contributed by atoms with Gasteiger partial charge in [0.25, 0.3) is 0 Å². The van der Waals surface area contributed by atoms with Gasteiger partial charge in [0.1, 0.15) is 12.7 Å². The number of aliphatic hydroxyl groups excluding tert-OH is 1. The van der Waals surface area contributed by atoms with E-state index in [2.05, 4.69) is 0 Å². The summed E-state index contributed by atoms with van der Waals surface area (Å²) in [6.45, 7) is 2.47. The Bertz CT molecular complexity index is 980. The van der Waals surface area contributed by atoms with Crippen LogP contribution in [0, 0.1) is 10.1 Å². The van der Waals surface area contributed by atoms with Gasteiger partial charge >= 0.3 is 29.6 Å². The number of esters is 4. The highest BCUT2D eigenvalue weighted by Crippen LogP contribution is 2.39. The minimum atomic E-state index is -2.21. The summed E-state index contributed by atoms with van der Waals surface area (Å²) < 4.78 is 32.3. The van der Waals surface area contributed by atoms with E-state index in [9.17, 15) is 34.4 Å². The van der Waals surface area contributed by atoms with E-state index < -0.39 is 77.9 Å². The Labute approximate surface area is 199 Å². The van der Waals surface area contributed by atoms with Gasteiger partial charge in [-0.25, -0.2) is 0 Å². The lowest BCUT2D eigenvalue weighted by molar-refractivity contribution is -0.387. The van der Waals surface area contributed by atoms with Crippen LogP contribution in [0.4, 0.5) is 5.69 Å². The number of carbonyl (C=O) groups excluding carboxylic acids is 4. The molecule has 1 aromatic carbocycles. The molecule has 14 heteroatoms. The number of carbonyl (C=O) groups is 4. The maximum atomic E-state index is 12.0. The van der Waals surface area contributed by atoms with E-state index >= 15 is 0 Å². The fourth-order valence-corrected chi connectivity index (χ4v) is 3.53. The molecule has 1 aromatic rings. The molecule has 0 radical (unpaired) electrons. The highest BCUT2D eigenvalue weighted by Gasteiger charge is 2.63. The van der Waals surface area contributed by atoms with Crippen LogP contribution < -0.4 is 4.74 Å². The molecule has 0 saturated carbocycles. The van der Waals surface area contributed by atoms with Gasteiger partial charge in [0, 0.05) is 33.8 Å². The van der Waals surface area contributed by atoms with Crippen molar-refractivity contribution in [1.82, 2.24) is 0 Å². The molecule has 1 fully saturated rings. The van der Waals surface area contributed by atoms with Crippen molar-refractivity contribution in [3.63, 3.8) is 0 Å². The van der Waals surface area contributed by atoms with E-state index in [1.807, 2.05) is 0 Å². The summed E-state index contributed by atoms with van der Waals surface area (Å²) in [6, 6.07) is 5.21. The number of rotatable bonds is 9. The number of nitro benzene ring substituents is 1. The Morgan fingerprint density at radius 1 is 1.03 bits per heavy atom. The predicted molar refractivity (Wildman–Crippen MR) is 112 cm³/mol. The van der Waals surface area contributed by atoms with Gasteiger partial charge in [0.05, 0.1) is 11.5 Å². The van der Waals surface area contributed by atoms with Gasteiger partial charge in [-0.2, -0.15) is 0 Å². The van der Waals surface area contributed by atoms with Gasteiger partial charge in [-0.05, 0) is 6.07 Å². The standard InChI is InChI=1S/C21H25NO13/c1-11(24)30-9-17-21(10-23,35-14(4)27)19(32-13(3)26)18(31-12(2)25)20(34-17)33-16-8-6-5-7-15(16)22(28)29/h5-8,17-20,23H,9-10H2,1-4H3/t17-,18-,19-,20+,21+/m1/s1. The van der Waals surface area contributed by atoms with Crippen LogP contribution in [0.25, 0.3) is 0 Å². The molecule has 0 bridgehead atoms. The smallest absolute Gasteiger partial charge is 0.311 e. The number of hydrogen-bond acceptors (Lipinski definition) is 13. The molecule has 1 aliphatic rings. The van der Waals surface area contributed by atoms with Crippen molar-refractivity contribution in [2.75, 3.05) is 13.2 Å². The Balaban J connectivity index is 2.66. The molecule has 1 saturated heterocycles. The molecule has 2 rings (SSSR count). The predicted octanol–water partition coefficient (Wildman–Crippen LogP) is 0.419. The van der Waals surface area contributed by atoms with Gasteiger partial charge < -0.3 is 33.5 Å². The largest absolute Gasteiger partial charge is 0.463 e. The Hall–Kier alpha value is -3.78. The van der Waals surface area contributed by atoms with Crippen LogP contribution in [0.1, 0.15) is 27.7 Å². The summed E-state index contributed by atoms with van der Waals surface area (Å²) in [4.78, 5) is 58.0. The lowest BCUT2D eigenvalue weighted by atomic mass is 9.84. The molecule has 1 N–H and O–H groups in total. The Morgan fingerprint density at radius 2 is 1.66 bits per heavy atom. The minimum Gasteiger partial charge on any atom is -0.463 e. The van der Waals surface area contributed by atoms with Crippen LogP contribution in [0.3, 0.4) is 0 Å². The van der Waals surface area contributed by atoms with Crippen molar-refractivity contribution in [3.05, 3.63) is 34.4 Å². The first-order valence-electron chi connectivity index (χ1n) is 10.2. The summed E-state index contributed by atoms with van der Waals surface area (Å²) in [5.41, 5.74) is -2.67. The summed E-state index contributed by atoms with van der Waals surface area (Å²) >= 11 is 0. The molecular formula is C21H25NO13. The third kappa shape index (κ3) is 6.64. The third-order valence-electron chi connectivity index (χ3n) is 4.81. The number of nitrogens with zero attached hydrogens (tertiary/aromatic N) is 1. The van der Waals surface area contributed by atoms with Gasteiger partial charge in [0.2, 0.25) is 18.0 Å². The monoisotopic (exact) mass is 499 g/mol. The lowest BCUT2D eigenvalue weighted by Gasteiger charge is -2.50. The van der Waals surface area contributed by atoms with Crippen molar-refractivity contribution in [2.45, 2.75) is 57.9 Å². The first-order chi connectivity index (χ1) is 16.4. The van der Waals surface area contributed by atoms with Gasteiger partial charge in [-0.3, -0.25) is 29.3 Å².